The summed E-state index contributed by atoms with van der Waals surface area (Å²) in [4.78, 5) is 17.0. The van der Waals surface area contributed by atoms with Crippen LogP contribution in [0.2, 0.25) is 0 Å². The molecule has 0 aliphatic carbocycles. The molecule has 2 aromatic carbocycles. The quantitative estimate of drug-likeness (QED) is 0.530. The smallest absolute Gasteiger partial charge is 0.243 e. The van der Waals surface area contributed by atoms with Crippen LogP contribution in [-0.4, -0.2) is 42.5 Å². The van der Waals surface area contributed by atoms with Crippen molar-refractivity contribution >= 4 is 44.3 Å². The maximum atomic E-state index is 13.7. The van der Waals surface area contributed by atoms with Crippen LogP contribution < -0.4 is 5.32 Å². The number of rotatable bonds is 6. The van der Waals surface area contributed by atoms with Gasteiger partial charge in [-0.1, -0.05) is 30.3 Å². The Kier molecular flexibility index (Phi) is 6.78. The maximum absolute atomic E-state index is 13.7. The Bertz CT molecular complexity index is 1260. The number of hydrogen-bond acceptors (Lipinski definition) is 5. The van der Waals surface area contributed by atoms with Crippen LogP contribution in [0.1, 0.15) is 24.8 Å². The summed E-state index contributed by atoms with van der Waals surface area (Å²) >= 11 is 1.24. The van der Waals surface area contributed by atoms with Crippen LogP contribution in [0.15, 0.2) is 58.5 Å². The number of sulfonamides is 1. The van der Waals surface area contributed by atoms with Gasteiger partial charge in [-0.15, -0.1) is 0 Å². The average Bonchev–Trinajstić information content (AvgIpc) is 2.79. The van der Waals surface area contributed by atoms with Crippen LogP contribution in [0.3, 0.4) is 0 Å². The van der Waals surface area contributed by atoms with Gasteiger partial charge >= 0.3 is 0 Å². The van der Waals surface area contributed by atoms with Crippen molar-refractivity contribution in [1.29, 1.82) is 0 Å². The van der Waals surface area contributed by atoms with E-state index in [1.54, 1.807) is 34.6 Å². The van der Waals surface area contributed by atoms with E-state index in [2.05, 4.69) is 10.3 Å². The number of fused-ring (bicyclic) bond motifs is 1. The van der Waals surface area contributed by atoms with Gasteiger partial charge in [-0.05, 0) is 61.7 Å². The number of benzene rings is 2. The summed E-state index contributed by atoms with van der Waals surface area (Å²) in [5.74, 6) is -0.739. The van der Waals surface area contributed by atoms with Gasteiger partial charge in [-0.25, -0.2) is 17.8 Å². The minimum absolute atomic E-state index is 0.0771. The number of hydrogen-bond donors (Lipinski definition) is 1. The fraction of sp³-hybridized carbons (Fsp3) is 0.304. The molecule has 6 nitrogen and oxygen atoms in total. The van der Waals surface area contributed by atoms with Crippen LogP contribution in [0.5, 0.6) is 0 Å². The third-order valence-electron chi connectivity index (χ3n) is 5.42. The van der Waals surface area contributed by atoms with Gasteiger partial charge in [-0.2, -0.15) is 4.31 Å². The topological polar surface area (TPSA) is 79.4 Å². The third kappa shape index (κ3) is 4.95. The molecule has 1 aliphatic heterocycles. The van der Waals surface area contributed by atoms with Crippen molar-refractivity contribution in [2.45, 2.75) is 36.1 Å². The monoisotopic (exact) mass is 473 g/mol. The number of aromatic nitrogens is 1. The first-order valence-electron chi connectivity index (χ1n) is 10.4. The zero-order valence-corrected chi connectivity index (χ0v) is 19.3. The molecule has 3 aromatic rings. The van der Waals surface area contributed by atoms with Crippen molar-refractivity contribution in [2.24, 2.45) is 0 Å². The van der Waals surface area contributed by atoms with Crippen LogP contribution >= 0.6 is 11.8 Å². The molecule has 168 valence electrons. The highest BCUT2D eigenvalue weighted by molar-refractivity contribution is 7.99. The summed E-state index contributed by atoms with van der Waals surface area (Å²) in [5, 5.41) is 3.96. The number of thioether (sulfide) groups is 1. The zero-order valence-electron chi connectivity index (χ0n) is 17.7. The van der Waals surface area contributed by atoms with Crippen molar-refractivity contribution in [3.05, 3.63) is 59.9 Å². The lowest BCUT2D eigenvalue weighted by Gasteiger charge is -2.26. The number of pyridine rings is 1. The minimum atomic E-state index is -3.52. The highest BCUT2D eigenvalue weighted by atomic mass is 32.2. The average molecular weight is 474 g/mol. The number of amides is 1. The largest absolute Gasteiger partial charge is 0.323 e. The summed E-state index contributed by atoms with van der Waals surface area (Å²) < 4.78 is 41.2. The summed E-state index contributed by atoms with van der Waals surface area (Å²) in [7, 11) is -3.52. The van der Waals surface area contributed by atoms with E-state index in [4.69, 9.17) is 0 Å². The van der Waals surface area contributed by atoms with Gasteiger partial charge in [0.25, 0.3) is 0 Å². The molecule has 2 heterocycles. The SMILES string of the molecule is Cc1cc(SCC(=O)Nc2ccccc2F)nc2ccc(S(=O)(=O)N3CCCCC3)cc12. The number of anilines is 1. The van der Waals surface area contributed by atoms with E-state index >= 15 is 0 Å². The van der Waals surface area contributed by atoms with Gasteiger partial charge in [0, 0.05) is 18.5 Å². The number of halogens is 1. The van der Waals surface area contributed by atoms with Crippen LogP contribution in [0.4, 0.5) is 10.1 Å². The fourth-order valence-corrected chi connectivity index (χ4v) is 6.04. The predicted molar refractivity (Wildman–Crippen MR) is 125 cm³/mol. The number of piperidine rings is 1. The van der Waals surface area contributed by atoms with Gasteiger partial charge in [0.15, 0.2) is 0 Å². The van der Waals surface area contributed by atoms with Crippen molar-refractivity contribution in [3.63, 3.8) is 0 Å². The molecule has 1 aliphatic rings. The molecule has 1 N–H and O–H groups in total. The first kappa shape index (κ1) is 22.7. The fourth-order valence-electron chi connectivity index (χ4n) is 3.72. The molecular weight excluding hydrogens is 449 g/mol. The molecule has 4 rings (SSSR count). The number of nitrogens with one attached hydrogen (secondary N) is 1. The molecule has 1 fully saturated rings. The number of nitrogens with zero attached hydrogens (tertiary/aromatic N) is 2. The molecule has 0 saturated carbocycles. The molecule has 1 saturated heterocycles. The second-order valence-corrected chi connectivity index (χ2v) is 10.7. The van der Waals surface area contributed by atoms with Gasteiger partial charge < -0.3 is 5.32 Å². The second kappa shape index (κ2) is 9.56. The van der Waals surface area contributed by atoms with E-state index in [9.17, 15) is 17.6 Å². The lowest BCUT2D eigenvalue weighted by atomic mass is 10.1. The number of carbonyl (C=O) groups excluding carboxylic acids is 1. The first-order chi connectivity index (χ1) is 15.3. The van der Waals surface area contributed by atoms with Gasteiger partial charge in [0.2, 0.25) is 15.9 Å². The second-order valence-electron chi connectivity index (χ2n) is 7.74. The van der Waals surface area contributed by atoms with E-state index < -0.39 is 15.8 Å². The maximum Gasteiger partial charge on any atom is 0.243 e. The van der Waals surface area contributed by atoms with Crippen molar-refractivity contribution in [1.82, 2.24) is 9.29 Å². The molecule has 32 heavy (non-hydrogen) atoms. The Morgan fingerprint density at radius 1 is 1.12 bits per heavy atom. The van der Waals surface area contributed by atoms with Gasteiger partial charge in [0.1, 0.15) is 5.82 Å². The number of para-hydroxylation sites is 1. The Morgan fingerprint density at radius 2 is 1.88 bits per heavy atom. The van der Waals surface area contributed by atoms with Crippen molar-refractivity contribution in [2.75, 3.05) is 24.2 Å². The molecule has 0 atom stereocenters. The highest BCUT2D eigenvalue weighted by Crippen LogP contribution is 2.28. The molecule has 1 amide bonds. The number of carbonyl (C=O) groups is 1. The standard InChI is InChI=1S/C23H24FN3O3S2/c1-16-13-23(31-15-22(28)25-21-8-4-3-7-19(21)24)26-20-10-9-17(14-18(16)20)32(29,30)27-11-5-2-6-12-27/h3-4,7-10,13-14H,2,5-6,11-12,15H2,1H3,(H,25,28). The molecular formula is C23H24FN3O3S2. The molecule has 1 aromatic heterocycles. The Balaban J connectivity index is 1.50. The molecule has 0 unspecified atom stereocenters. The summed E-state index contributed by atoms with van der Waals surface area (Å²) in [6, 6.07) is 12.8. The predicted octanol–water partition coefficient (Wildman–Crippen LogP) is 4.59. The van der Waals surface area contributed by atoms with Gasteiger partial charge in [-0.3, -0.25) is 4.79 Å². The van der Waals surface area contributed by atoms with Crippen LogP contribution in [0.25, 0.3) is 10.9 Å². The lowest BCUT2D eigenvalue weighted by molar-refractivity contribution is -0.113. The zero-order chi connectivity index (χ0) is 22.7. The summed E-state index contributed by atoms with van der Waals surface area (Å²) in [5.41, 5.74) is 1.69. The van der Waals surface area contributed by atoms with Crippen molar-refractivity contribution in [3.8, 4) is 0 Å². The summed E-state index contributed by atoms with van der Waals surface area (Å²) in [6.07, 6.45) is 2.84. The normalized spacial score (nSPS) is 15.1. The summed E-state index contributed by atoms with van der Waals surface area (Å²) in [6.45, 7) is 3.01. The van der Waals surface area contributed by atoms with Crippen molar-refractivity contribution < 1.29 is 17.6 Å². The third-order valence-corrected chi connectivity index (χ3v) is 8.22. The minimum Gasteiger partial charge on any atom is -0.323 e. The van der Waals surface area contributed by atoms with Crippen LogP contribution in [-0.2, 0) is 14.8 Å². The lowest BCUT2D eigenvalue weighted by Crippen LogP contribution is -2.35. The Morgan fingerprint density at radius 3 is 2.62 bits per heavy atom. The Labute approximate surface area is 191 Å². The number of aryl methyl sites for hydroxylation is 1. The van der Waals surface area contributed by atoms with Gasteiger partial charge in [0.05, 0.1) is 26.9 Å². The molecule has 0 bridgehead atoms. The van der Waals surface area contributed by atoms with E-state index in [1.807, 2.05) is 13.0 Å². The van der Waals surface area contributed by atoms with Crippen LogP contribution in [0, 0.1) is 12.7 Å². The van der Waals surface area contributed by atoms with E-state index in [-0.39, 0.29) is 22.2 Å². The van der Waals surface area contributed by atoms with E-state index in [0.29, 0.717) is 23.6 Å². The highest BCUT2D eigenvalue weighted by Gasteiger charge is 2.26. The molecule has 0 radical (unpaired) electrons. The van der Waals surface area contributed by atoms with E-state index in [1.165, 1.54) is 23.9 Å². The Hall–Kier alpha value is -2.49. The molecule has 9 heteroatoms. The first-order valence-corrected chi connectivity index (χ1v) is 12.9. The van der Waals surface area contributed by atoms with E-state index in [0.717, 1.165) is 30.2 Å². The molecule has 0 spiro atoms.